The number of rotatable bonds is 6. The van der Waals surface area contributed by atoms with Crippen LogP contribution < -0.4 is 8.64 Å². The molecule has 0 bridgehead atoms. The van der Waals surface area contributed by atoms with Gasteiger partial charge in [0.05, 0.1) is 0 Å². The number of carbonyl (C=O) groups is 1. The summed E-state index contributed by atoms with van der Waals surface area (Å²) in [5.74, 6) is -0.343. The third kappa shape index (κ3) is 4.38. The van der Waals surface area contributed by atoms with Gasteiger partial charge < -0.3 is 0 Å². The molecule has 0 N–H and O–H groups in total. The quantitative estimate of drug-likeness (QED) is 0.198. The summed E-state index contributed by atoms with van der Waals surface area (Å²) in [6, 6.07) is 16.2. The molecule has 1 heterocycles. The first kappa shape index (κ1) is 23.7. The van der Waals surface area contributed by atoms with E-state index < -0.39 is 29.8 Å². The summed E-state index contributed by atoms with van der Waals surface area (Å²) < 4.78 is 39.3. The van der Waals surface area contributed by atoms with E-state index in [-0.39, 0.29) is 34.1 Å². The number of nitrogens with zero attached hydrogens (tertiary/aromatic N) is 2. The van der Waals surface area contributed by atoms with E-state index in [2.05, 4.69) is 4.79 Å². The van der Waals surface area contributed by atoms with Crippen LogP contribution in [-0.4, -0.2) is 45.7 Å². The Hall–Kier alpha value is -3.06. The molecule has 2 aliphatic rings. The van der Waals surface area contributed by atoms with Gasteiger partial charge in [0, 0.05) is 7.11 Å². The summed E-state index contributed by atoms with van der Waals surface area (Å²) in [5.41, 5.74) is 9.98. The number of methoxy groups -OCH3 is 1. The van der Waals surface area contributed by atoms with E-state index in [4.69, 9.17) is 8.92 Å². The monoisotopic (exact) mass is 555 g/mol. The van der Waals surface area contributed by atoms with Crippen molar-refractivity contribution >= 4 is 55.7 Å². The van der Waals surface area contributed by atoms with Crippen molar-refractivity contribution in [3.63, 3.8) is 0 Å². The third-order valence-corrected chi connectivity index (χ3v) is 12.8. The topological polar surface area (TPSA) is 106 Å². The van der Waals surface area contributed by atoms with Crippen molar-refractivity contribution in [3.8, 4) is 5.75 Å². The molecule has 3 aromatic carbocycles. The summed E-state index contributed by atoms with van der Waals surface area (Å²) >= 11 is -0.925. The number of ether oxygens (including phenoxy) is 1. The van der Waals surface area contributed by atoms with Crippen molar-refractivity contribution in [2.24, 2.45) is 0 Å². The van der Waals surface area contributed by atoms with E-state index in [0.29, 0.717) is 5.56 Å². The van der Waals surface area contributed by atoms with E-state index in [9.17, 15) is 18.7 Å². The molecule has 178 valence electrons. The van der Waals surface area contributed by atoms with E-state index in [1.165, 1.54) is 41.1 Å². The Balaban J connectivity index is 1.60. The molecule has 0 amide bonds. The Morgan fingerprint density at radius 2 is 1.74 bits per heavy atom. The number of fused-ring (bicyclic) bond motifs is 2. The molecule has 1 aliphatic carbocycles. The van der Waals surface area contributed by atoms with Gasteiger partial charge in [0.2, 0.25) is 0 Å². The number of benzene rings is 3. The molecule has 0 radical (unpaired) electrons. The van der Waals surface area contributed by atoms with Crippen LogP contribution >= 0.6 is 0 Å². The summed E-state index contributed by atoms with van der Waals surface area (Å²) in [4.78, 5) is 15.5. The van der Waals surface area contributed by atoms with Gasteiger partial charge >= 0.3 is 201 Å². The Morgan fingerprint density at radius 1 is 1.00 bits per heavy atom. The predicted molar refractivity (Wildman–Crippen MR) is 136 cm³/mol. The van der Waals surface area contributed by atoms with Crippen LogP contribution in [0, 0.1) is 0 Å². The summed E-state index contributed by atoms with van der Waals surface area (Å²) in [6.45, 7) is 0.243. The minimum absolute atomic E-state index is 0.120. The average molecular weight is 555 g/mol. The second kappa shape index (κ2) is 9.53. The van der Waals surface area contributed by atoms with Crippen molar-refractivity contribution < 1.29 is 26.9 Å². The first-order valence-electron chi connectivity index (χ1n) is 11.2. The van der Waals surface area contributed by atoms with Gasteiger partial charge in [-0.25, -0.2) is 0 Å². The Kier molecular flexibility index (Phi) is 6.45. The third-order valence-electron chi connectivity index (χ3n) is 6.17. The molecule has 3 aromatic rings. The molecule has 35 heavy (non-hydrogen) atoms. The van der Waals surface area contributed by atoms with Gasteiger partial charge in [-0.15, -0.1) is 0 Å². The van der Waals surface area contributed by atoms with Gasteiger partial charge in [-0.05, 0) is 0 Å². The molecule has 1 aliphatic heterocycles. The molecule has 0 spiro atoms. The molecule has 0 unspecified atom stereocenters. The predicted octanol–water partition coefficient (Wildman–Crippen LogP) is 4.10. The van der Waals surface area contributed by atoms with Crippen LogP contribution in [0.2, 0.25) is 10.6 Å². The number of carbonyl (C=O) groups excluding carboxylic acids is 1. The van der Waals surface area contributed by atoms with Crippen molar-refractivity contribution in [1.29, 1.82) is 0 Å². The van der Waals surface area contributed by atoms with Crippen molar-refractivity contribution in [2.45, 2.75) is 30.1 Å². The fraction of sp³-hybridized carbons (Fsp3) is 0.231. The second-order valence-electron chi connectivity index (χ2n) is 8.39. The summed E-state index contributed by atoms with van der Waals surface area (Å²) in [6.07, 6.45) is 3.55. The number of ketones is 1. The number of Topliss-reactive ketones (excluding diaryl/α,β-unsaturated/α-hetero) is 1. The van der Waals surface area contributed by atoms with Crippen LogP contribution in [0.1, 0.15) is 34.3 Å². The van der Waals surface area contributed by atoms with E-state index in [0.717, 1.165) is 16.8 Å². The average Bonchev–Trinajstić information content (AvgIpc) is 3.39. The number of hydrogen-bond donors (Lipinski definition) is 0. The Morgan fingerprint density at radius 3 is 2.46 bits per heavy atom. The van der Waals surface area contributed by atoms with Gasteiger partial charge in [-0.3, -0.25) is 0 Å². The van der Waals surface area contributed by atoms with Crippen LogP contribution in [0.25, 0.3) is 21.2 Å². The molecule has 1 fully saturated rings. The van der Waals surface area contributed by atoms with Crippen LogP contribution in [0.4, 0.5) is 0 Å². The first-order chi connectivity index (χ1) is 16.9. The van der Waals surface area contributed by atoms with Crippen molar-refractivity contribution in [3.05, 3.63) is 82.9 Å². The van der Waals surface area contributed by atoms with E-state index >= 15 is 0 Å². The van der Waals surface area contributed by atoms with Crippen LogP contribution in [0.5, 0.6) is 5.75 Å². The fourth-order valence-electron chi connectivity index (χ4n) is 4.54. The Bertz CT molecular complexity index is 1530. The van der Waals surface area contributed by atoms with Crippen LogP contribution in [-0.2, 0) is 21.5 Å². The molecule has 5 rings (SSSR count). The second-order valence-corrected chi connectivity index (χ2v) is 14.6. The summed E-state index contributed by atoms with van der Waals surface area (Å²) in [5, 5.41) is 4.25. The SMILES string of the molecule is COCc1ccc2c(c1)C(S(=O)(=O)Oc1ccc([Se+]3CCCC3)c3ccccc13)=CC(=[N+]=[N-])C2=O. The molecule has 0 atom stereocenters. The molecular formula is C26H23N2O5SSe+. The van der Waals surface area contributed by atoms with Crippen molar-refractivity contribution in [2.75, 3.05) is 7.11 Å². The Labute approximate surface area is 208 Å². The molecular weight excluding hydrogens is 531 g/mol. The van der Waals surface area contributed by atoms with Gasteiger partial charge in [0.1, 0.15) is 0 Å². The van der Waals surface area contributed by atoms with E-state index in [1.807, 2.05) is 30.3 Å². The zero-order chi connectivity index (χ0) is 24.6. The molecule has 9 heteroatoms. The normalized spacial score (nSPS) is 16.2. The standard InChI is InChI=1S/C26H23N2O5SSe/c1-32-16-17-8-9-20-21(14-17)24(15-22(28-27)26(20)29)34(30,31)33-23-10-11-25(35-12-4-5-13-35)19-7-3-2-6-18(19)23/h2-3,6-11,14-15H,4-5,12-13,16H2,1H3/q+1. The molecule has 7 nitrogen and oxygen atoms in total. The van der Waals surface area contributed by atoms with Gasteiger partial charge in [-0.1, -0.05) is 0 Å². The zero-order valence-electron chi connectivity index (χ0n) is 19.1. The first-order valence-corrected chi connectivity index (χ1v) is 15.9. The van der Waals surface area contributed by atoms with Gasteiger partial charge in [-0.2, -0.15) is 0 Å². The molecule has 1 saturated heterocycles. The maximum atomic E-state index is 13.6. The zero-order valence-corrected chi connectivity index (χ0v) is 21.6. The maximum absolute atomic E-state index is 13.6. The van der Waals surface area contributed by atoms with E-state index in [1.54, 1.807) is 18.2 Å². The fourth-order valence-corrected chi connectivity index (χ4v) is 11.0. The minimum atomic E-state index is -4.38. The van der Waals surface area contributed by atoms with Gasteiger partial charge in [0.15, 0.2) is 0 Å². The van der Waals surface area contributed by atoms with Gasteiger partial charge in [0.25, 0.3) is 0 Å². The van der Waals surface area contributed by atoms with Crippen LogP contribution in [0.3, 0.4) is 0 Å². The summed E-state index contributed by atoms with van der Waals surface area (Å²) in [7, 11) is -2.86. The molecule has 0 saturated carbocycles. The van der Waals surface area contributed by atoms with Crippen LogP contribution in [0.15, 0.2) is 60.7 Å². The number of hydrogen-bond acceptors (Lipinski definition) is 5. The molecule has 0 aromatic heterocycles. The number of allylic oxidation sites excluding steroid dienone is 1. The van der Waals surface area contributed by atoms with Crippen molar-refractivity contribution in [1.82, 2.24) is 0 Å².